The van der Waals surface area contributed by atoms with Gasteiger partial charge < -0.3 is 19.5 Å². The summed E-state index contributed by atoms with van der Waals surface area (Å²) in [7, 11) is 1.45. The summed E-state index contributed by atoms with van der Waals surface area (Å²) in [4.78, 5) is 41.6. The first kappa shape index (κ1) is 27.0. The van der Waals surface area contributed by atoms with Gasteiger partial charge in [-0.15, -0.1) is 0 Å². The number of carbonyl (C=O) groups is 1. The Kier molecular flexibility index (Phi) is 6.38. The Hall–Kier alpha value is -5.91. The number of hydrogen-bond donors (Lipinski definition) is 2. The van der Waals surface area contributed by atoms with E-state index in [4.69, 9.17) is 9.15 Å². The number of halogens is 1. The van der Waals surface area contributed by atoms with Gasteiger partial charge in [-0.2, -0.15) is 0 Å². The summed E-state index contributed by atoms with van der Waals surface area (Å²) in [6.45, 7) is 0. The molecule has 0 saturated heterocycles. The Morgan fingerprint density at radius 3 is 2.45 bits per heavy atom. The highest BCUT2D eigenvalue weighted by Crippen LogP contribution is 2.46. The van der Waals surface area contributed by atoms with E-state index in [0.717, 1.165) is 0 Å². The molecule has 3 aromatic heterocycles. The molecule has 0 aliphatic heterocycles. The van der Waals surface area contributed by atoms with Crippen LogP contribution in [0.3, 0.4) is 0 Å². The molecule has 2 N–H and O–H groups in total. The van der Waals surface area contributed by atoms with Crippen molar-refractivity contribution < 1.29 is 23.3 Å². The number of amides is 1. The van der Waals surface area contributed by atoms with Crippen LogP contribution in [0.1, 0.15) is 29.0 Å². The number of H-pyrrole nitrogens is 1. The molecule has 1 aliphatic carbocycles. The van der Waals surface area contributed by atoms with E-state index in [1.165, 1.54) is 25.3 Å². The van der Waals surface area contributed by atoms with E-state index < -0.39 is 22.2 Å². The molecule has 0 atom stereocenters. The van der Waals surface area contributed by atoms with Crippen molar-refractivity contribution in [2.24, 2.45) is 0 Å². The van der Waals surface area contributed by atoms with Gasteiger partial charge in [0.1, 0.15) is 34.3 Å². The molecule has 1 fully saturated rings. The van der Waals surface area contributed by atoms with Crippen molar-refractivity contribution in [2.45, 2.75) is 18.4 Å². The molecule has 1 aliphatic rings. The number of nitrogens with one attached hydrogen (secondary N) is 2. The van der Waals surface area contributed by atoms with E-state index in [9.17, 15) is 19.3 Å². The van der Waals surface area contributed by atoms with Crippen molar-refractivity contribution in [1.82, 2.24) is 25.3 Å². The van der Waals surface area contributed by atoms with Crippen molar-refractivity contribution in [3.8, 4) is 39.6 Å². The number of nitro groups is 1. The average Bonchev–Trinajstić information content (AvgIpc) is 3.44. The third-order valence-corrected chi connectivity index (χ3v) is 7.70. The number of fused-ring (bicyclic) bond motifs is 1. The van der Waals surface area contributed by atoms with E-state index in [-0.39, 0.29) is 22.4 Å². The lowest BCUT2D eigenvalue weighted by atomic mass is 9.97. The minimum atomic E-state index is -0.685. The van der Waals surface area contributed by atoms with Crippen molar-refractivity contribution in [3.63, 3.8) is 0 Å². The van der Waals surface area contributed by atoms with Crippen LogP contribution in [0.2, 0.25) is 0 Å². The fraction of sp³-hybridized carbons (Fsp3) is 0.125. The average molecular weight is 591 g/mol. The van der Waals surface area contributed by atoms with Crippen LogP contribution in [0, 0.1) is 15.9 Å². The van der Waals surface area contributed by atoms with Gasteiger partial charge in [0.05, 0.1) is 34.8 Å². The lowest BCUT2D eigenvalue weighted by molar-refractivity contribution is -0.384. The number of carbonyl (C=O) groups excluding carboxylic acids is 1. The lowest BCUT2D eigenvalue weighted by Gasteiger charge is -2.17. The molecule has 12 heteroatoms. The number of rotatable bonds is 8. The molecule has 218 valence electrons. The first-order valence-electron chi connectivity index (χ1n) is 13.7. The number of nitrogens with zero attached hydrogens (tertiary/aromatic N) is 4. The van der Waals surface area contributed by atoms with Gasteiger partial charge in [0.2, 0.25) is 0 Å². The van der Waals surface area contributed by atoms with E-state index in [2.05, 4.69) is 25.3 Å². The second kappa shape index (κ2) is 10.4. The molecule has 0 radical (unpaired) electrons. The highest BCUT2D eigenvalue weighted by molar-refractivity contribution is 6.04. The van der Waals surface area contributed by atoms with E-state index in [1.54, 1.807) is 67.3 Å². The minimum absolute atomic E-state index is 0.201. The predicted octanol–water partition coefficient (Wildman–Crippen LogP) is 6.42. The van der Waals surface area contributed by atoms with Gasteiger partial charge in [-0.1, -0.05) is 6.07 Å². The van der Waals surface area contributed by atoms with Gasteiger partial charge in [0.25, 0.3) is 11.6 Å². The van der Waals surface area contributed by atoms with Crippen molar-refractivity contribution in [1.29, 1.82) is 0 Å². The van der Waals surface area contributed by atoms with Crippen molar-refractivity contribution in [2.75, 3.05) is 7.11 Å². The van der Waals surface area contributed by atoms with Crippen LogP contribution >= 0.6 is 0 Å². The third-order valence-electron chi connectivity index (χ3n) is 7.70. The molecule has 0 unspecified atom stereocenters. The molecule has 1 saturated carbocycles. The van der Waals surface area contributed by atoms with E-state index in [1.807, 2.05) is 0 Å². The summed E-state index contributed by atoms with van der Waals surface area (Å²) in [5, 5.41) is 15.9. The van der Waals surface area contributed by atoms with Crippen LogP contribution in [0.5, 0.6) is 5.75 Å². The normalized spacial score (nSPS) is 13.5. The number of imidazole rings is 1. The Labute approximate surface area is 248 Å². The van der Waals surface area contributed by atoms with Gasteiger partial charge >= 0.3 is 0 Å². The second-order valence-electron chi connectivity index (χ2n) is 10.4. The fourth-order valence-corrected chi connectivity index (χ4v) is 5.37. The maximum absolute atomic E-state index is 13.7. The van der Waals surface area contributed by atoms with Gasteiger partial charge in [-0.25, -0.2) is 19.3 Å². The number of methoxy groups -OCH3 is 1. The summed E-state index contributed by atoms with van der Waals surface area (Å²) in [5.74, 6) is 0.829. The quantitative estimate of drug-likeness (QED) is 0.152. The standard InChI is InChI=1S/C32H23FN6O5/c1-43-25-8-5-19(15-23(25)30(40)38-32(9-10-32)31-36-11-2-12-37-31)21-16-22-26(17-24(21)39(41)42)44-28(18-3-6-20(33)7-4-18)27(22)29-34-13-14-35-29/h2-8,11-17H,9-10H2,1H3,(H,34,35)(H,38,40). The van der Waals surface area contributed by atoms with Crippen LogP contribution in [-0.2, 0) is 5.54 Å². The predicted molar refractivity (Wildman–Crippen MR) is 158 cm³/mol. The second-order valence-corrected chi connectivity index (χ2v) is 10.4. The number of furan rings is 1. The Morgan fingerprint density at radius 1 is 1.05 bits per heavy atom. The Balaban J connectivity index is 1.37. The summed E-state index contributed by atoms with van der Waals surface area (Å²) < 4.78 is 25.4. The molecule has 7 rings (SSSR count). The smallest absolute Gasteiger partial charge is 0.280 e. The largest absolute Gasteiger partial charge is 0.496 e. The minimum Gasteiger partial charge on any atom is -0.496 e. The topological polar surface area (TPSA) is 149 Å². The van der Waals surface area contributed by atoms with Gasteiger partial charge in [-0.05, 0) is 66.9 Å². The molecule has 3 aromatic carbocycles. The Morgan fingerprint density at radius 2 is 1.80 bits per heavy atom. The number of hydrogen-bond acceptors (Lipinski definition) is 8. The summed E-state index contributed by atoms with van der Waals surface area (Å²) >= 11 is 0. The molecule has 44 heavy (non-hydrogen) atoms. The number of benzene rings is 3. The molecule has 0 bridgehead atoms. The van der Waals surface area contributed by atoms with Crippen LogP contribution in [-0.4, -0.2) is 37.9 Å². The first-order chi connectivity index (χ1) is 21.4. The van der Waals surface area contributed by atoms with Crippen LogP contribution in [0.4, 0.5) is 10.1 Å². The fourth-order valence-electron chi connectivity index (χ4n) is 5.37. The maximum atomic E-state index is 13.7. The van der Waals surface area contributed by atoms with Gasteiger partial charge in [0, 0.05) is 35.7 Å². The monoisotopic (exact) mass is 590 g/mol. The van der Waals surface area contributed by atoms with E-state index in [0.29, 0.717) is 58.1 Å². The zero-order valence-corrected chi connectivity index (χ0v) is 23.2. The maximum Gasteiger partial charge on any atom is 0.280 e. The van der Waals surface area contributed by atoms with Gasteiger partial charge in [0.15, 0.2) is 5.82 Å². The number of aromatic nitrogens is 4. The lowest BCUT2D eigenvalue weighted by Crippen LogP contribution is -2.36. The highest BCUT2D eigenvalue weighted by atomic mass is 19.1. The molecule has 6 aromatic rings. The SMILES string of the molecule is COc1ccc(-c2cc3c(-c4ncc[nH]4)c(-c4ccc(F)cc4)oc3cc2[N+](=O)[O-])cc1C(=O)NC1(c2ncccn2)CC1. The summed E-state index contributed by atoms with van der Waals surface area (Å²) in [5.41, 5.74) is 1.33. The van der Waals surface area contributed by atoms with Crippen LogP contribution in [0.15, 0.2) is 89.9 Å². The van der Waals surface area contributed by atoms with Crippen LogP contribution < -0.4 is 10.1 Å². The zero-order chi connectivity index (χ0) is 30.4. The first-order valence-corrected chi connectivity index (χ1v) is 13.7. The zero-order valence-electron chi connectivity index (χ0n) is 23.2. The van der Waals surface area contributed by atoms with Crippen molar-refractivity contribution >= 4 is 22.6 Å². The summed E-state index contributed by atoms with van der Waals surface area (Å²) in [6.07, 6.45) is 7.84. The molecule has 0 spiro atoms. The number of ether oxygens (including phenoxy) is 1. The number of nitro benzene ring substituents is 1. The van der Waals surface area contributed by atoms with Crippen molar-refractivity contribution in [3.05, 3.63) is 113 Å². The van der Waals surface area contributed by atoms with Crippen LogP contribution in [0.25, 0.3) is 44.8 Å². The molecular weight excluding hydrogens is 567 g/mol. The Bertz CT molecular complexity index is 2040. The van der Waals surface area contributed by atoms with E-state index >= 15 is 0 Å². The third kappa shape index (κ3) is 4.62. The molecular formula is C32H23FN6O5. The summed E-state index contributed by atoms with van der Waals surface area (Å²) in [6, 6.07) is 15.3. The van der Waals surface area contributed by atoms with Gasteiger partial charge in [-0.3, -0.25) is 14.9 Å². The molecule has 1 amide bonds. The molecule has 11 nitrogen and oxygen atoms in total. The molecule has 3 heterocycles. The number of aromatic amines is 1. The highest BCUT2D eigenvalue weighted by Gasteiger charge is 2.48.